The Morgan fingerprint density at radius 1 is 1.23 bits per heavy atom. The van der Waals surface area contributed by atoms with Crippen molar-refractivity contribution in [3.05, 3.63) is 53.0 Å². The second-order valence-corrected chi connectivity index (χ2v) is 10.4. The van der Waals surface area contributed by atoms with Gasteiger partial charge in [-0.3, -0.25) is 14.8 Å². The van der Waals surface area contributed by atoms with Crippen LogP contribution in [0.2, 0.25) is 0 Å². The normalized spacial score (nSPS) is 16.3. The first-order valence-corrected chi connectivity index (χ1v) is 12.2. The minimum absolute atomic E-state index is 0.0239. The van der Waals surface area contributed by atoms with Crippen LogP contribution in [0, 0.1) is 0 Å². The molecule has 188 valence electrons. The lowest BCUT2D eigenvalue weighted by molar-refractivity contribution is -0.130. The molecule has 35 heavy (non-hydrogen) atoms. The van der Waals surface area contributed by atoms with Gasteiger partial charge in [-0.1, -0.05) is 6.07 Å². The fourth-order valence-electron chi connectivity index (χ4n) is 3.55. The number of halogens is 3. The summed E-state index contributed by atoms with van der Waals surface area (Å²) >= 11 is 0. The molecule has 1 amide bonds. The van der Waals surface area contributed by atoms with Crippen LogP contribution in [-0.2, 0) is 23.1 Å². The maximum absolute atomic E-state index is 12.8. The second-order valence-electron chi connectivity index (χ2n) is 8.27. The van der Waals surface area contributed by atoms with Gasteiger partial charge in [0.25, 0.3) is 5.91 Å². The highest BCUT2D eigenvalue weighted by Crippen LogP contribution is 2.28. The summed E-state index contributed by atoms with van der Waals surface area (Å²) in [6, 6.07) is 6.55. The number of aromatic nitrogens is 2. The monoisotopic (exact) mass is 512 g/mol. The van der Waals surface area contributed by atoms with Gasteiger partial charge in [-0.05, 0) is 43.2 Å². The molecule has 2 aromatic heterocycles. The Morgan fingerprint density at radius 2 is 1.97 bits per heavy atom. The molecule has 2 aliphatic heterocycles. The third-order valence-corrected chi connectivity index (χ3v) is 7.11. The Bertz CT molecular complexity index is 1270. The number of nitrogens with one attached hydrogen (secondary N) is 3. The number of rotatable bonds is 7. The number of nitrogens with zero attached hydrogens (tertiary/aromatic N) is 5. The lowest BCUT2D eigenvalue weighted by atomic mass is 10.1. The predicted octanol–water partition coefficient (Wildman–Crippen LogP) is 1.72. The number of amidine groups is 1. The lowest BCUT2D eigenvalue weighted by Crippen LogP contribution is -2.45. The van der Waals surface area contributed by atoms with Gasteiger partial charge >= 0.3 is 6.18 Å². The van der Waals surface area contributed by atoms with Crippen molar-refractivity contribution in [1.29, 1.82) is 0 Å². The minimum Gasteiger partial charge on any atom is -0.305 e. The highest BCUT2D eigenvalue weighted by atomic mass is 32.2. The molecule has 0 unspecified atom stereocenters. The maximum Gasteiger partial charge on any atom is 0.390 e. The summed E-state index contributed by atoms with van der Waals surface area (Å²) in [6.07, 6.45) is -4.63. The first-order valence-electron chi connectivity index (χ1n) is 10.6. The lowest BCUT2D eigenvalue weighted by Gasteiger charge is -2.22. The van der Waals surface area contributed by atoms with E-state index in [1.807, 2.05) is 13.8 Å². The molecule has 0 bridgehead atoms. The molecule has 0 aliphatic carbocycles. The number of sulfonamides is 1. The van der Waals surface area contributed by atoms with E-state index in [0.717, 1.165) is 4.31 Å². The standard InChI is InChI=1S/C20H23F3N8O3S/c1-12(2)31-18(27-28-29-31)15-4-3-5-17(25-15)26-19(32)16-8-13-10-30(11-14(13)9-24-16)35(33,34)7-6-20(21,22)23/h3-5,8-9,12,28-29H,6-7,10-11H2,1-2H3,(H,25,26,32). The van der Waals surface area contributed by atoms with Crippen molar-refractivity contribution in [1.82, 2.24) is 30.4 Å². The Labute approximate surface area is 199 Å². The number of pyridine rings is 2. The van der Waals surface area contributed by atoms with Crippen LogP contribution in [0.5, 0.6) is 0 Å². The summed E-state index contributed by atoms with van der Waals surface area (Å²) < 4.78 is 63.0. The number of carbonyl (C=O) groups is 1. The van der Waals surface area contributed by atoms with Gasteiger partial charge in [-0.25, -0.2) is 18.9 Å². The van der Waals surface area contributed by atoms with E-state index >= 15 is 0 Å². The third-order valence-electron chi connectivity index (χ3n) is 5.34. The molecule has 0 aromatic carbocycles. The van der Waals surface area contributed by atoms with Crippen LogP contribution in [0.25, 0.3) is 0 Å². The maximum atomic E-state index is 12.8. The summed E-state index contributed by atoms with van der Waals surface area (Å²) in [5, 5.41) is 8.58. The number of carbonyl (C=O) groups excluding carboxylic acids is 1. The van der Waals surface area contributed by atoms with Crippen LogP contribution in [0.1, 0.15) is 47.6 Å². The zero-order chi connectivity index (χ0) is 25.4. The van der Waals surface area contributed by atoms with Crippen molar-refractivity contribution in [3.63, 3.8) is 0 Å². The number of hydrazine groups is 2. The first-order chi connectivity index (χ1) is 16.4. The molecule has 3 N–H and O–H groups in total. The Morgan fingerprint density at radius 3 is 2.69 bits per heavy atom. The summed E-state index contributed by atoms with van der Waals surface area (Å²) in [7, 11) is -4.12. The molecule has 0 fully saturated rings. The fraction of sp³-hybridized carbons (Fsp3) is 0.400. The minimum atomic E-state index is -4.57. The highest BCUT2D eigenvalue weighted by Gasteiger charge is 2.35. The summed E-state index contributed by atoms with van der Waals surface area (Å²) in [6.45, 7) is 3.70. The van der Waals surface area contributed by atoms with E-state index in [1.165, 1.54) is 12.3 Å². The molecule has 11 nitrogen and oxygen atoms in total. The highest BCUT2D eigenvalue weighted by molar-refractivity contribution is 7.89. The Hall–Kier alpha value is -3.30. The number of amides is 1. The van der Waals surface area contributed by atoms with Gasteiger partial charge < -0.3 is 5.32 Å². The number of hydrazone groups is 1. The number of anilines is 1. The smallest absolute Gasteiger partial charge is 0.305 e. The molecular weight excluding hydrogens is 489 g/mol. The quantitative estimate of drug-likeness (QED) is 0.511. The van der Waals surface area contributed by atoms with Crippen molar-refractivity contribution in [2.75, 3.05) is 11.1 Å². The molecule has 4 heterocycles. The molecular formula is C20H23F3N8O3S. The second kappa shape index (κ2) is 9.39. The van der Waals surface area contributed by atoms with Gasteiger partial charge in [0.2, 0.25) is 10.0 Å². The zero-order valence-corrected chi connectivity index (χ0v) is 19.6. The van der Waals surface area contributed by atoms with Crippen molar-refractivity contribution in [2.45, 2.75) is 45.6 Å². The van der Waals surface area contributed by atoms with Crippen molar-refractivity contribution in [3.8, 4) is 0 Å². The van der Waals surface area contributed by atoms with Crippen LogP contribution >= 0.6 is 0 Å². The van der Waals surface area contributed by atoms with Crippen LogP contribution in [-0.4, -0.2) is 57.4 Å². The van der Waals surface area contributed by atoms with Crippen molar-refractivity contribution in [2.24, 2.45) is 5.10 Å². The Kier molecular flexibility index (Phi) is 6.66. The topological polar surface area (TPSA) is 132 Å². The molecule has 0 saturated carbocycles. The average molecular weight is 513 g/mol. The van der Waals surface area contributed by atoms with Gasteiger partial charge in [0.15, 0.2) is 5.84 Å². The average Bonchev–Trinajstić information content (AvgIpc) is 3.45. The van der Waals surface area contributed by atoms with Crippen molar-refractivity contribution < 1.29 is 26.4 Å². The molecule has 0 radical (unpaired) electrons. The van der Waals surface area contributed by atoms with Crippen LogP contribution in [0.4, 0.5) is 19.0 Å². The van der Waals surface area contributed by atoms with E-state index in [1.54, 1.807) is 23.2 Å². The summed E-state index contributed by atoms with van der Waals surface area (Å²) in [4.78, 5) is 21.3. The van der Waals surface area contributed by atoms with E-state index in [-0.39, 0.29) is 30.6 Å². The SMILES string of the molecule is CC(C)N1NNN=C1c1cccc(NC(=O)c2cc3c(cn2)CN(S(=O)(=O)CCC(F)(F)F)C3)n1. The van der Waals surface area contributed by atoms with Crippen LogP contribution in [0.15, 0.2) is 35.6 Å². The van der Waals surface area contributed by atoms with E-state index in [9.17, 15) is 26.4 Å². The molecule has 15 heteroatoms. The Balaban J connectivity index is 1.45. The number of hydrogen-bond acceptors (Lipinski definition) is 9. The molecule has 0 atom stereocenters. The summed E-state index contributed by atoms with van der Waals surface area (Å²) in [5.41, 5.74) is 7.12. The predicted molar refractivity (Wildman–Crippen MR) is 120 cm³/mol. The first kappa shape index (κ1) is 24.8. The number of alkyl halides is 3. The molecule has 0 spiro atoms. The van der Waals surface area contributed by atoms with E-state index < -0.39 is 34.3 Å². The largest absolute Gasteiger partial charge is 0.390 e. The van der Waals surface area contributed by atoms with Gasteiger partial charge in [-0.2, -0.15) is 17.5 Å². The van der Waals surface area contributed by atoms with Gasteiger partial charge in [0.05, 0.1) is 12.2 Å². The molecule has 2 aliphatic rings. The zero-order valence-electron chi connectivity index (χ0n) is 18.8. The van der Waals surface area contributed by atoms with E-state index in [2.05, 4.69) is 31.5 Å². The van der Waals surface area contributed by atoms with Gasteiger partial charge in [-0.15, -0.1) is 10.6 Å². The molecule has 0 saturated heterocycles. The number of fused-ring (bicyclic) bond motifs is 1. The third kappa shape index (κ3) is 5.68. The van der Waals surface area contributed by atoms with Crippen LogP contribution < -0.4 is 16.4 Å². The number of hydrogen-bond donors (Lipinski definition) is 3. The molecule has 4 rings (SSSR count). The van der Waals surface area contributed by atoms with Gasteiger partial charge in [0, 0.05) is 25.3 Å². The van der Waals surface area contributed by atoms with E-state index in [4.69, 9.17) is 0 Å². The van der Waals surface area contributed by atoms with E-state index in [0.29, 0.717) is 22.7 Å². The van der Waals surface area contributed by atoms with Crippen molar-refractivity contribution >= 4 is 27.6 Å². The summed E-state index contributed by atoms with van der Waals surface area (Å²) in [5.74, 6) is -0.804. The van der Waals surface area contributed by atoms with Crippen LogP contribution in [0.3, 0.4) is 0 Å². The van der Waals surface area contributed by atoms with Gasteiger partial charge in [0.1, 0.15) is 17.2 Å². The molecule has 2 aromatic rings. The fourth-order valence-corrected chi connectivity index (χ4v) is 4.97.